The summed E-state index contributed by atoms with van der Waals surface area (Å²) in [6.07, 6.45) is 2.10. The Hall–Kier alpha value is -1.91. The van der Waals surface area contributed by atoms with Gasteiger partial charge in [-0.3, -0.25) is 4.79 Å². The largest absolute Gasteiger partial charge is 0.465 e. The molecule has 1 aromatic rings. The van der Waals surface area contributed by atoms with Gasteiger partial charge in [-0.1, -0.05) is 28.1 Å². The molecule has 3 unspecified atom stereocenters. The minimum Gasteiger partial charge on any atom is -0.465 e. The summed E-state index contributed by atoms with van der Waals surface area (Å²) in [7, 11) is 1.53. The lowest BCUT2D eigenvalue weighted by atomic mass is 9.88. The van der Waals surface area contributed by atoms with Crippen molar-refractivity contribution in [1.82, 2.24) is 0 Å². The first-order valence-electron chi connectivity index (χ1n) is 9.68. The van der Waals surface area contributed by atoms with Gasteiger partial charge in [0.15, 0.2) is 0 Å². The molecule has 0 aliphatic carbocycles. The number of halogens is 1. The van der Waals surface area contributed by atoms with Crippen molar-refractivity contribution in [2.24, 2.45) is 11.8 Å². The van der Waals surface area contributed by atoms with Gasteiger partial charge in [-0.25, -0.2) is 4.79 Å². The number of aryl methyl sites for hydroxylation is 1. The lowest BCUT2D eigenvalue weighted by molar-refractivity contribution is -0.148. The molecule has 0 aliphatic rings. The van der Waals surface area contributed by atoms with Crippen LogP contribution in [0.4, 0.5) is 0 Å². The molecule has 0 aliphatic heterocycles. The van der Waals surface area contributed by atoms with Crippen molar-refractivity contribution in [3.63, 3.8) is 0 Å². The van der Waals surface area contributed by atoms with Gasteiger partial charge in [-0.2, -0.15) is 5.26 Å². The van der Waals surface area contributed by atoms with Crippen LogP contribution in [-0.2, 0) is 25.4 Å². The maximum Gasteiger partial charge on any atom is 0.338 e. The number of nitriles is 1. The third-order valence-electron chi connectivity index (χ3n) is 4.26. The lowest BCUT2D eigenvalue weighted by Gasteiger charge is -2.24. The first kappa shape index (κ1) is 25.1. The number of nitrogens with zero attached hydrogens (tertiary/aromatic N) is 1. The van der Waals surface area contributed by atoms with E-state index < -0.39 is 22.5 Å². The van der Waals surface area contributed by atoms with Crippen molar-refractivity contribution in [3.05, 3.63) is 35.4 Å². The number of carbonyl (C=O) groups excluding carboxylic acids is 2. The summed E-state index contributed by atoms with van der Waals surface area (Å²) in [5, 5.41) is 9.02. The second-order valence-corrected chi connectivity index (χ2v) is 8.60. The van der Waals surface area contributed by atoms with Gasteiger partial charge in [0, 0.05) is 13.0 Å². The fourth-order valence-electron chi connectivity index (χ4n) is 2.87. The zero-order valence-corrected chi connectivity index (χ0v) is 19.3. The molecule has 6 nitrogen and oxygen atoms in total. The fourth-order valence-corrected chi connectivity index (χ4v) is 3.44. The summed E-state index contributed by atoms with van der Waals surface area (Å²) < 4.78 is 15.7. The average Bonchev–Trinajstić information content (AvgIpc) is 2.66. The Balaban J connectivity index is 2.71. The SMILES string of the molecule is CCOC(=O)C(C#N)C(CCCc1ccc(C(=O)OC(C)(C)C)cc1)C(Br)OC. The molecule has 29 heavy (non-hydrogen) atoms. The molecular weight excluding hydrogens is 438 g/mol. The molecule has 0 heterocycles. The van der Waals surface area contributed by atoms with Crippen LogP contribution in [0, 0.1) is 23.2 Å². The lowest BCUT2D eigenvalue weighted by Crippen LogP contribution is -2.31. The van der Waals surface area contributed by atoms with Crippen LogP contribution in [0.25, 0.3) is 0 Å². The summed E-state index contributed by atoms with van der Waals surface area (Å²) >= 11 is 3.41. The predicted molar refractivity (Wildman–Crippen MR) is 113 cm³/mol. The third kappa shape index (κ3) is 8.55. The molecule has 0 saturated heterocycles. The Morgan fingerprint density at radius 2 is 1.83 bits per heavy atom. The number of hydrogen-bond acceptors (Lipinski definition) is 6. The molecule has 7 heteroatoms. The molecule has 160 valence electrons. The van der Waals surface area contributed by atoms with E-state index in [9.17, 15) is 14.9 Å². The molecule has 0 aromatic heterocycles. The van der Waals surface area contributed by atoms with Crippen LogP contribution in [0.3, 0.4) is 0 Å². The normalized spacial score (nSPS) is 14.4. The number of rotatable bonds is 10. The van der Waals surface area contributed by atoms with E-state index in [4.69, 9.17) is 14.2 Å². The summed E-state index contributed by atoms with van der Waals surface area (Å²) in [5.74, 6) is -2.10. The first-order valence-corrected chi connectivity index (χ1v) is 10.6. The molecule has 0 fully saturated rings. The monoisotopic (exact) mass is 467 g/mol. The van der Waals surface area contributed by atoms with Crippen LogP contribution in [0.15, 0.2) is 24.3 Å². The highest BCUT2D eigenvalue weighted by molar-refractivity contribution is 9.09. The smallest absolute Gasteiger partial charge is 0.338 e. The first-order chi connectivity index (χ1) is 13.6. The van der Waals surface area contributed by atoms with E-state index in [0.717, 1.165) is 18.4 Å². The van der Waals surface area contributed by atoms with Gasteiger partial charge in [0.1, 0.15) is 16.5 Å². The number of alkyl halides is 1. The number of ether oxygens (including phenoxy) is 3. The summed E-state index contributed by atoms with van der Waals surface area (Å²) in [6.45, 7) is 7.44. The van der Waals surface area contributed by atoms with Crippen molar-refractivity contribution in [2.75, 3.05) is 13.7 Å². The van der Waals surface area contributed by atoms with E-state index >= 15 is 0 Å². The quantitative estimate of drug-likeness (QED) is 0.367. The average molecular weight is 468 g/mol. The number of methoxy groups -OCH3 is 1. The topological polar surface area (TPSA) is 85.6 Å². The van der Waals surface area contributed by atoms with E-state index in [1.54, 1.807) is 19.1 Å². The summed E-state index contributed by atoms with van der Waals surface area (Å²) in [4.78, 5) is 24.2. The summed E-state index contributed by atoms with van der Waals surface area (Å²) in [6, 6.07) is 9.34. The Morgan fingerprint density at radius 3 is 2.31 bits per heavy atom. The molecule has 3 atom stereocenters. The van der Waals surface area contributed by atoms with Gasteiger partial charge in [-0.05, 0) is 64.7 Å². The highest BCUT2D eigenvalue weighted by atomic mass is 79.9. The van der Waals surface area contributed by atoms with Crippen LogP contribution in [0.5, 0.6) is 0 Å². The van der Waals surface area contributed by atoms with Crippen molar-refractivity contribution < 1.29 is 23.8 Å². The molecule has 0 N–H and O–H groups in total. The maximum absolute atomic E-state index is 12.1. The Labute approximate surface area is 181 Å². The van der Waals surface area contributed by atoms with Gasteiger partial charge in [0.05, 0.1) is 18.2 Å². The van der Waals surface area contributed by atoms with E-state index in [1.165, 1.54) is 7.11 Å². The highest BCUT2D eigenvalue weighted by Gasteiger charge is 2.34. The Bertz CT molecular complexity index is 705. The van der Waals surface area contributed by atoms with Crippen LogP contribution >= 0.6 is 15.9 Å². The van der Waals surface area contributed by atoms with Crippen molar-refractivity contribution in [1.29, 1.82) is 5.26 Å². The molecule has 0 bridgehead atoms. The van der Waals surface area contributed by atoms with Crippen molar-refractivity contribution in [3.8, 4) is 6.07 Å². The Morgan fingerprint density at radius 1 is 1.21 bits per heavy atom. The second kappa shape index (κ2) is 11.9. The van der Waals surface area contributed by atoms with Crippen LogP contribution in [-0.4, -0.2) is 36.3 Å². The van der Waals surface area contributed by atoms with Gasteiger partial charge in [0.25, 0.3) is 0 Å². The minimum atomic E-state index is -0.895. The summed E-state index contributed by atoms with van der Waals surface area (Å²) in [5.41, 5.74) is 1.03. The molecule has 0 spiro atoms. The number of carbonyl (C=O) groups is 2. The van der Waals surface area contributed by atoms with E-state index in [1.807, 2.05) is 32.9 Å². The minimum absolute atomic E-state index is 0.230. The second-order valence-electron chi connectivity index (χ2n) is 7.70. The van der Waals surface area contributed by atoms with Crippen LogP contribution in [0.1, 0.15) is 56.5 Å². The van der Waals surface area contributed by atoms with Crippen LogP contribution in [0.2, 0.25) is 0 Å². The van der Waals surface area contributed by atoms with Gasteiger partial charge >= 0.3 is 11.9 Å². The standard InChI is InChI=1S/C22H30BrNO5/c1-6-28-21(26)18(14-24)17(19(23)27-5)9-7-8-15-10-12-16(13-11-15)20(25)29-22(2,3)4/h10-13,17-19H,6-9H2,1-5H3. The van der Waals surface area contributed by atoms with E-state index in [-0.39, 0.29) is 18.5 Å². The zero-order valence-electron chi connectivity index (χ0n) is 17.7. The predicted octanol–water partition coefficient (Wildman–Crippen LogP) is 4.65. The van der Waals surface area contributed by atoms with Crippen molar-refractivity contribution >= 4 is 27.9 Å². The molecule has 0 radical (unpaired) electrons. The maximum atomic E-state index is 12.1. The highest BCUT2D eigenvalue weighted by Crippen LogP contribution is 2.29. The van der Waals surface area contributed by atoms with Crippen molar-refractivity contribution in [2.45, 2.75) is 57.6 Å². The van der Waals surface area contributed by atoms with Crippen LogP contribution < -0.4 is 0 Å². The van der Waals surface area contributed by atoms with Gasteiger partial charge in [0.2, 0.25) is 0 Å². The molecule has 1 aromatic carbocycles. The number of esters is 2. The molecule has 0 saturated carbocycles. The number of hydrogen-bond donors (Lipinski definition) is 0. The fraction of sp³-hybridized carbons (Fsp3) is 0.591. The molecular formula is C22H30BrNO5. The zero-order chi connectivity index (χ0) is 22.0. The van der Waals surface area contributed by atoms with E-state index in [0.29, 0.717) is 12.0 Å². The van der Waals surface area contributed by atoms with Gasteiger partial charge < -0.3 is 14.2 Å². The van der Waals surface area contributed by atoms with E-state index in [2.05, 4.69) is 22.0 Å². The third-order valence-corrected chi connectivity index (χ3v) is 5.31. The van der Waals surface area contributed by atoms with Gasteiger partial charge in [-0.15, -0.1) is 0 Å². The number of benzene rings is 1. The molecule has 0 amide bonds. The molecule has 1 rings (SSSR count). The Kier molecular flexibility index (Phi) is 10.3.